The van der Waals surface area contributed by atoms with Crippen LogP contribution in [0.4, 0.5) is 11.8 Å². The molecular weight excluding hydrogens is 290 g/mol. The molecule has 2 aliphatic rings. The molecule has 0 spiro atoms. The molecule has 3 rings (SSSR count). The largest absolute Gasteiger partial charge is 0.356 e. The van der Waals surface area contributed by atoms with Crippen LogP contribution in [0.2, 0.25) is 0 Å². The Morgan fingerprint density at radius 1 is 1.17 bits per heavy atom. The van der Waals surface area contributed by atoms with Crippen molar-refractivity contribution < 1.29 is 4.79 Å². The molecule has 1 amide bonds. The molecule has 1 unspecified atom stereocenters. The number of carbonyl (C=O) groups excluding carboxylic acids is 1. The second-order valence-electron chi connectivity index (χ2n) is 6.73. The summed E-state index contributed by atoms with van der Waals surface area (Å²) in [6, 6.07) is 1.94. The first kappa shape index (κ1) is 16.2. The van der Waals surface area contributed by atoms with Crippen LogP contribution < -0.4 is 10.2 Å². The molecule has 0 saturated carbocycles. The van der Waals surface area contributed by atoms with Gasteiger partial charge in [-0.25, -0.2) is 4.98 Å². The van der Waals surface area contributed by atoms with Crippen molar-refractivity contribution in [3.05, 3.63) is 12.3 Å². The van der Waals surface area contributed by atoms with Gasteiger partial charge in [-0.05, 0) is 45.3 Å². The SMILES string of the molecule is CN1CCCC(C(=O)Nc2nccc(N3CCCCCC3)n2)C1. The maximum absolute atomic E-state index is 12.4. The molecule has 23 heavy (non-hydrogen) atoms. The van der Waals surface area contributed by atoms with Crippen LogP contribution in [-0.2, 0) is 4.79 Å². The maximum atomic E-state index is 12.4. The highest BCUT2D eigenvalue weighted by Crippen LogP contribution is 2.19. The van der Waals surface area contributed by atoms with Crippen molar-refractivity contribution in [1.82, 2.24) is 14.9 Å². The molecule has 3 heterocycles. The molecule has 6 heteroatoms. The molecule has 1 aromatic heterocycles. The summed E-state index contributed by atoms with van der Waals surface area (Å²) >= 11 is 0. The zero-order chi connectivity index (χ0) is 16.1. The van der Waals surface area contributed by atoms with Crippen LogP contribution in [0.1, 0.15) is 38.5 Å². The van der Waals surface area contributed by atoms with Gasteiger partial charge in [0.1, 0.15) is 5.82 Å². The van der Waals surface area contributed by atoms with Gasteiger partial charge in [-0.15, -0.1) is 0 Å². The van der Waals surface area contributed by atoms with Crippen LogP contribution in [0.15, 0.2) is 12.3 Å². The average Bonchev–Trinajstić information content (AvgIpc) is 2.84. The number of rotatable bonds is 3. The maximum Gasteiger partial charge on any atom is 0.231 e. The monoisotopic (exact) mass is 317 g/mol. The van der Waals surface area contributed by atoms with Crippen molar-refractivity contribution in [2.75, 3.05) is 43.4 Å². The summed E-state index contributed by atoms with van der Waals surface area (Å²) in [4.78, 5) is 25.7. The summed E-state index contributed by atoms with van der Waals surface area (Å²) in [5.41, 5.74) is 0. The van der Waals surface area contributed by atoms with Crippen LogP contribution in [0.25, 0.3) is 0 Å². The van der Waals surface area contributed by atoms with E-state index in [0.717, 1.165) is 44.8 Å². The van der Waals surface area contributed by atoms with Crippen LogP contribution in [0.5, 0.6) is 0 Å². The molecule has 2 saturated heterocycles. The van der Waals surface area contributed by atoms with Crippen LogP contribution >= 0.6 is 0 Å². The molecule has 2 aliphatic heterocycles. The van der Waals surface area contributed by atoms with Gasteiger partial charge in [0, 0.05) is 25.8 Å². The Labute approximate surface area is 138 Å². The fourth-order valence-electron chi connectivity index (χ4n) is 3.48. The standard InChI is InChI=1S/C17H27N5O/c1-21-10-6-7-14(13-21)16(23)20-17-18-9-8-15(19-17)22-11-4-2-3-5-12-22/h8-9,14H,2-7,10-13H2,1H3,(H,18,19,20,23). The third kappa shape index (κ3) is 4.41. The first-order valence-electron chi connectivity index (χ1n) is 8.80. The van der Waals surface area contributed by atoms with E-state index in [1.807, 2.05) is 6.07 Å². The third-order valence-corrected chi connectivity index (χ3v) is 4.80. The van der Waals surface area contributed by atoms with E-state index in [1.165, 1.54) is 25.7 Å². The van der Waals surface area contributed by atoms with Crippen LogP contribution in [-0.4, -0.2) is 54.0 Å². The molecular formula is C17H27N5O. The normalized spacial score (nSPS) is 23.3. The highest BCUT2D eigenvalue weighted by atomic mass is 16.2. The first-order chi connectivity index (χ1) is 11.2. The van der Waals surface area contributed by atoms with Crippen molar-refractivity contribution in [2.45, 2.75) is 38.5 Å². The summed E-state index contributed by atoms with van der Waals surface area (Å²) < 4.78 is 0. The molecule has 0 aromatic carbocycles. The van der Waals surface area contributed by atoms with Gasteiger partial charge >= 0.3 is 0 Å². The Morgan fingerprint density at radius 2 is 1.96 bits per heavy atom. The number of likely N-dealkylation sites (tertiary alicyclic amines) is 1. The second kappa shape index (κ2) is 7.73. The number of aromatic nitrogens is 2. The predicted octanol–water partition coefficient (Wildman–Crippen LogP) is 2.14. The van der Waals surface area contributed by atoms with Crippen LogP contribution in [0.3, 0.4) is 0 Å². The topological polar surface area (TPSA) is 61.4 Å². The molecule has 2 fully saturated rings. The van der Waals surface area contributed by atoms with Crippen molar-refractivity contribution in [3.63, 3.8) is 0 Å². The van der Waals surface area contributed by atoms with E-state index in [0.29, 0.717) is 5.95 Å². The lowest BCUT2D eigenvalue weighted by Gasteiger charge is -2.28. The van der Waals surface area contributed by atoms with Crippen molar-refractivity contribution in [3.8, 4) is 0 Å². The van der Waals surface area contributed by atoms with Crippen molar-refractivity contribution in [2.24, 2.45) is 5.92 Å². The van der Waals surface area contributed by atoms with E-state index in [4.69, 9.17) is 0 Å². The summed E-state index contributed by atoms with van der Waals surface area (Å²) in [5.74, 6) is 1.45. The van der Waals surface area contributed by atoms with Gasteiger partial charge in [-0.1, -0.05) is 12.8 Å². The van der Waals surface area contributed by atoms with E-state index in [1.54, 1.807) is 6.20 Å². The molecule has 0 aliphatic carbocycles. The van der Waals surface area contributed by atoms with E-state index in [2.05, 4.69) is 32.1 Å². The van der Waals surface area contributed by atoms with E-state index in [9.17, 15) is 4.79 Å². The number of hydrogen-bond donors (Lipinski definition) is 1. The Kier molecular flexibility index (Phi) is 5.43. The zero-order valence-corrected chi connectivity index (χ0v) is 14.0. The van der Waals surface area contributed by atoms with Crippen molar-refractivity contribution in [1.29, 1.82) is 0 Å². The summed E-state index contributed by atoms with van der Waals surface area (Å²) in [6.45, 7) is 3.97. The van der Waals surface area contributed by atoms with Gasteiger partial charge in [-0.3, -0.25) is 10.1 Å². The minimum Gasteiger partial charge on any atom is -0.356 e. The molecule has 0 bridgehead atoms. The van der Waals surface area contributed by atoms with Gasteiger partial charge in [0.15, 0.2) is 0 Å². The lowest BCUT2D eigenvalue weighted by Crippen LogP contribution is -2.38. The summed E-state index contributed by atoms with van der Waals surface area (Å²) in [7, 11) is 2.07. The molecule has 1 N–H and O–H groups in total. The second-order valence-corrected chi connectivity index (χ2v) is 6.73. The van der Waals surface area contributed by atoms with Crippen molar-refractivity contribution >= 4 is 17.7 Å². The number of amides is 1. The molecule has 6 nitrogen and oxygen atoms in total. The Hall–Kier alpha value is -1.69. The van der Waals surface area contributed by atoms with Gasteiger partial charge in [0.25, 0.3) is 0 Å². The number of carbonyl (C=O) groups is 1. The number of nitrogens with one attached hydrogen (secondary N) is 1. The highest BCUT2D eigenvalue weighted by molar-refractivity contribution is 5.91. The lowest BCUT2D eigenvalue weighted by molar-refractivity contribution is -0.121. The van der Waals surface area contributed by atoms with Gasteiger partial charge < -0.3 is 9.80 Å². The summed E-state index contributed by atoms with van der Waals surface area (Å²) in [5, 5.41) is 2.91. The van der Waals surface area contributed by atoms with E-state index in [-0.39, 0.29) is 11.8 Å². The lowest BCUT2D eigenvalue weighted by atomic mass is 9.98. The third-order valence-electron chi connectivity index (χ3n) is 4.80. The predicted molar refractivity (Wildman–Crippen MR) is 91.6 cm³/mol. The highest BCUT2D eigenvalue weighted by Gasteiger charge is 2.24. The van der Waals surface area contributed by atoms with Crippen LogP contribution in [0, 0.1) is 5.92 Å². The first-order valence-corrected chi connectivity index (χ1v) is 8.80. The quantitative estimate of drug-likeness (QED) is 0.925. The minimum absolute atomic E-state index is 0.0409. The number of anilines is 2. The van der Waals surface area contributed by atoms with Gasteiger partial charge in [0.2, 0.25) is 11.9 Å². The number of hydrogen-bond acceptors (Lipinski definition) is 5. The molecule has 1 aromatic rings. The average molecular weight is 317 g/mol. The molecule has 1 atom stereocenters. The minimum atomic E-state index is 0.0409. The van der Waals surface area contributed by atoms with Gasteiger partial charge in [0.05, 0.1) is 5.92 Å². The number of piperidine rings is 1. The Morgan fingerprint density at radius 3 is 2.70 bits per heavy atom. The fourth-order valence-corrected chi connectivity index (χ4v) is 3.48. The number of nitrogens with zero attached hydrogens (tertiary/aromatic N) is 4. The summed E-state index contributed by atoms with van der Waals surface area (Å²) in [6.07, 6.45) is 8.77. The molecule has 126 valence electrons. The Bertz CT molecular complexity index is 527. The van der Waals surface area contributed by atoms with E-state index < -0.39 is 0 Å². The fraction of sp³-hybridized carbons (Fsp3) is 0.706. The van der Waals surface area contributed by atoms with Gasteiger partial charge in [-0.2, -0.15) is 4.98 Å². The molecule has 0 radical (unpaired) electrons. The van der Waals surface area contributed by atoms with E-state index >= 15 is 0 Å². The smallest absolute Gasteiger partial charge is 0.231 e. The zero-order valence-electron chi connectivity index (χ0n) is 14.0. The Balaban J connectivity index is 1.63.